The largest absolute Gasteiger partial charge is 0.492 e. The van der Waals surface area contributed by atoms with Gasteiger partial charge >= 0.3 is 0 Å². The van der Waals surface area contributed by atoms with Crippen molar-refractivity contribution in [2.45, 2.75) is 0 Å². The van der Waals surface area contributed by atoms with E-state index >= 15 is 0 Å². The van der Waals surface area contributed by atoms with Gasteiger partial charge in [0.25, 0.3) is 11.8 Å². The van der Waals surface area contributed by atoms with E-state index in [-0.39, 0.29) is 24.8 Å². The molecule has 9 heteroatoms. The lowest BCUT2D eigenvalue weighted by molar-refractivity contribution is 0.0706. The molecule has 0 spiro atoms. The predicted molar refractivity (Wildman–Crippen MR) is 114 cm³/mol. The maximum absolute atomic E-state index is 12.3. The van der Waals surface area contributed by atoms with Crippen molar-refractivity contribution in [3.05, 3.63) is 59.9 Å². The molecule has 0 radical (unpaired) electrons. The number of amides is 2. The average molecular weight is 427 g/mol. The van der Waals surface area contributed by atoms with Crippen molar-refractivity contribution in [1.29, 1.82) is 0 Å². The molecule has 0 aliphatic carbocycles. The Hall–Kier alpha value is -3.56. The van der Waals surface area contributed by atoms with Gasteiger partial charge in [0.05, 0.1) is 6.54 Å². The van der Waals surface area contributed by atoms with Gasteiger partial charge in [-0.3, -0.25) is 14.8 Å². The number of hydroxylamine groups is 1. The molecule has 0 fully saturated rings. The summed E-state index contributed by atoms with van der Waals surface area (Å²) in [5.74, 6) is 0.522. The van der Waals surface area contributed by atoms with Crippen LogP contribution in [-0.4, -0.2) is 62.3 Å². The highest BCUT2D eigenvalue weighted by Crippen LogP contribution is 2.24. The van der Waals surface area contributed by atoms with Crippen molar-refractivity contribution >= 4 is 22.8 Å². The summed E-state index contributed by atoms with van der Waals surface area (Å²) in [6, 6.07) is 13.4. The van der Waals surface area contributed by atoms with Crippen LogP contribution in [0, 0.1) is 0 Å². The molecule has 0 aliphatic heterocycles. The van der Waals surface area contributed by atoms with Crippen LogP contribution in [0.5, 0.6) is 11.5 Å². The van der Waals surface area contributed by atoms with E-state index in [0.717, 1.165) is 17.7 Å². The molecule has 0 saturated carbocycles. The molecule has 1 heterocycles. The summed E-state index contributed by atoms with van der Waals surface area (Å²) in [6.45, 7) is 1.89. The molecule has 0 unspecified atom stereocenters. The van der Waals surface area contributed by atoms with Gasteiger partial charge in [-0.15, -0.1) is 0 Å². The van der Waals surface area contributed by atoms with Gasteiger partial charge in [0.1, 0.15) is 30.3 Å². The quantitative estimate of drug-likeness (QED) is 0.258. The van der Waals surface area contributed by atoms with Crippen molar-refractivity contribution in [2.24, 2.45) is 0 Å². The van der Waals surface area contributed by atoms with Crippen LogP contribution in [0.25, 0.3) is 11.0 Å². The third-order valence-corrected chi connectivity index (χ3v) is 4.39. The zero-order chi connectivity index (χ0) is 22.2. The van der Waals surface area contributed by atoms with E-state index in [1.54, 1.807) is 29.7 Å². The second kappa shape index (κ2) is 10.5. The van der Waals surface area contributed by atoms with Crippen LogP contribution in [0.2, 0.25) is 0 Å². The molecule has 0 saturated heterocycles. The summed E-state index contributed by atoms with van der Waals surface area (Å²) >= 11 is 0. The fraction of sp³-hybridized carbons (Fsp3) is 0.273. The van der Waals surface area contributed by atoms with E-state index in [9.17, 15) is 9.59 Å². The minimum Gasteiger partial charge on any atom is -0.492 e. The number of fused-ring (bicyclic) bond motifs is 1. The van der Waals surface area contributed by atoms with E-state index < -0.39 is 5.91 Å². The Morgan fingerprint density at radius 3 is 2.39 bits per heavy atom. The monoisotopic (exact) mass is 427 g/mol. The number of ether oxygens (including phenoxy) is 2. The lowest BCUT2D eigenvalue weighted by Gasteiger charge is -2.10. The van der Waals surface area contributed by atoms with E-state index in [1.807, 2.05) is 31.1 Å². The van der Waals surface area contributed by atoms with E-state index in [0.29, 0.717) is 23.5 Å². The Kier molecular flexibility index (Phi) is 7.47. The fourth-order valence-electron chi connectivity index (χ4n) is 2.76. The lowest BCUT2D eigenvalue weighted by Crippen LogP contribution is -2.27. The van der Waals surface area contributed by atoms with E-state index in [2.05, 4.69) is 5.32 Å². The van der Waals surface area contributed by atoms with Crippen LogP contribution in [0.3, 0.4) is 0 Å². The van der Waals surface area contributed by atoms with Gasteiger partial charge in [-0.1, -0.05) is 0 Å². The first-order chi connectivity index (χ1) is 15.0. The number of carbonyl (C=O) groups excluding carboxylic acids is 2. The second-order valence-electron chi connectivity index (χ2n) is 7.03. The van der Waals surface area contributed by atoms with Gasteiger partial charge in [0.15, 0.2) is 5.76 Å². The summed E-state index contributed by atoms with van der Waals surface area (Å²) in [6.07, 6.45) is 0. The van der Waals surface area contributed by atoms with Crippen LogP contribution in [0.1, 0.15) is 20.9 Å². The SMILES string of the molecule is CN(C)CCOc1ccc2oc(C(=O)NCCOc3ccc(C(=O)NO)cc3)cc2c1. The molecule has 1 aromatic heterocycles. The van der Waals surface area contributed by atoms with Crippen LogP contribution >= 0.6 is 0 Å². The zero-order valence-corrected chi connectivity index (χ0v) is 17.4. The van der Waals surface area contributed by atoms with Gasteiger partial charge in [-0.2, -0.15) is 0 Å². The zero-order valence-electron chi connectivity index (χ0n) is 17.4. The molecule has 3 rings (SSSR count). The Morgan fingerprint density at radius 1 is 0.968 bits per heavy atom. The Bertz CT molecular complexity index is 1030. The number of furan rings is 1. The number of hydrogen-bond donors (Lipinski definition) is 3. The number of nitrogens with zero attached hydrogens (tertiary/aromatic N) is 1. The molecule has 0 atom stereocenters. The van der Waals surface area contributed by atoms with Crippen LogP contribution in [-0.2, 0) is 0 Å². The third kappa shape index (κ3) is 6.21. The minimum absolute atomic E-state index is 0.208. The summed E-state index contributed by atoms with van der Waals surface area (Å²) < 4.78 is 16.9. The number of hydrogen-bond acceptors (Lipinski definition) is 7. The predicted octanol–water partition coefficient (Wildman–Crippen LogP) is 2.30. The van der Waals surface area contributed by atoms with Crippen molar-refractivity contribution in [3.63, 3.8) is 0 Å². The summed E-state index contributed by atoms with van der Waals surface area (Å²) in [5.41, 5.74) is 2.47. The Labute approximate surface area is 179 Å². The number of rotatable bonds is 10. The van der Waals surface area contributed by atoms with Gasteiger partial charge in [0, 0.05) is 17.5 Å². The molecule has 0 aliphatic rings. The molecule has 3 N–H and O–H groups in total. The molecule has 0 bridgehead atoms. The van der Waals surface area contributed by atoms with Crippen molar-refractivity contribution in [1.82, 2.24) is 15.7 Å². The molecule has 9 nitrogen and oxygen atoms in total. The normalized spacial score (nSPS) is 10.8. The molecular formula is C22H25N3O6. The summed E-state index contributed by atoms with van der Waals surface area (Å²) in [7, 11) is 3.96. The van der Waals surface area contributed by atoms with Crippen LogP contribution < -0.4 is 20.3 Å². The van der Waals surface area contributed by atoms with Crippen molar-refractivity contribution < 1.29 is 28.7 Å². The van der Waals surface area contributed by atoms with Gasteiger partial charge in [0.2, 0.25) is 0 Å². The number of likely N-dealkylation sites (N-methyl/N-ethyl adjacent to an activating group) is 1. The Morgan fingerprint density at radius 2 is 1.68 bits per heavy atom. The first-order valence-electron chi connectivity index (χ1n) is 9.73. The highest BCUT2D eigenvalue weighted by atomic mass is 16.5. The Balaban J connectivity index is 1.48. The van der Waals surface area contributed by atoms with E-state index in [4.69, 9.17) is 19.1 Å². The molecule has 2 aromatic carbocycles. The number of benzene rings is 2. The number of nitrogens with one attached hydrogen (secondary N) is 2. The maximum Gasteiger partial charge on any atom is 0.287 e. The first-order valence-corrected chi connectivity index (χ1v) is 9.73. The number of carbonyl (C=O) groups is 2. The standard InChI is InChI=1S/C22H25N3O6/c1-25(2)10-12-30-18-7-8-19-16(13-18)14-20(31-19)22(27)23-9-11-29-17-5-3-15(4-6-17)21(26)24-28/h3-8,13-14,28H,9-12H2,1-2H3,(H,23,27)(H,24,26). The molecule has 31 heavy (non-hydrogen) atoms. The smallest absolute Gasteiger partial charge is 0.287 e. The van der Waals surface area contributed by atoms with Gasteiger partial charge < -0.3 is 24.1 Å². The third-order valence-electron chi connectivity index (χ3n) is 4.39. The second-order valence-corrected chi connectivity index (χ2v) is 7.03. The average Bonchev–Trinajstić information content (AvgIpc) is 3.20. The van der Waals surface area contributed by atoms with Gasteiger partial charge in [-0.25, -0.2) is 5.48 Å². The molecular weight excluding hydrogens is 402 g/mol. The maximum atomic E-state index is 12.3. The minimum atomic E-state index is -0.600. The van der Waals surface area contributed by atoms with Crippen molar-refractivity contribution in [2.75, 3.05) is 40.4 Å². The van der Waals surface area contributed by atoms with E-state index in [1.165, 1.54) is 12.1 Å². The topological polar surface area (TPSA) is 113 Å². The lowest BCUT2D eigenvalue weighted by atomic mass is 10.2. The highest BCUT2D eigenvalue weighted by molar-refractivity contribution is 5.96. The molecule has 2 amide bonds. The van der Waals surface area contributed by atoms with Crippen molar-refractivity contribution in [3.8, 4) is 11.5 Å². The van der Waals surface area contributed by atoms with Crippen LogP contribution in [0.15, 0.2) is 52.9 Å². The summed E-state index contributed by atoms with van der Waals surface area (Å²) in [4.78, 5) is 25.7. The molecule has 164 valence electrons. The fourth-order valence-corrected chi connectivity index (χ4v) is 2.76. The van der Waals surface area contributed by atoms with Gasteiger partial charge in [-0.05, 0) is 62.6 Å². The highest BCUT2D eigenvalue weighted by Gasteiger charge is 2.12. The van der Waals surface area contributed by atoms with Crippen LogP contribution in [0.4, 0.5) is 0 Å². The first kappa shape index (κ1) is 22.1. The summed E-state index contributed by atoms with van der Waals surface area (Å²) in [5, 5.41) is 12.1. The molecule has 3 aromatic rings.